The molecular weight excluding hydrogens is 356 g/mol. The lowest BCUT2D eigenvalue weighted by Gasteiger charge is -2.41. The molecule has 1 aromatic heterocycles. The van der Waals surface area contributed by atoms with Crippen LogP contribution in [0.1, 0.15) is 25.5 Å². The zero-order valence-corrected chi connectivity index (χ0v) is 15.7. The van der Waals surface area contributed by atoms with Crippen LogP contribution in [0.5, 0.6) is 0 Å². The quantitative estimate of drug-likeness (QED) is 0.679. The van der Waals surface area contributed by atoms with Crippen molar-refractivity contribution in [3.05, 3.63) is 66.2 Å². The zero-order valence-electron chi connectivity index (χ0n) is 15.7. The van der Waals surface area contributed by atoms with Crippen molar-refractivity contribution >= 4 is 11.9 Å². The van der Waals surface area contributed by atoms with Crippen molar-refractivity contribution < 1.29 is 14.6 Å². The van der Waals surface area contributed by atoms with Gasteiger partial charge in [-0.2, -0.15) is 4.98 Å². The summed E-state index contributed by atoms with van der Waals surface area (Å²) in [6.45, 7) is 3.53. The van der Waals surface area contributed by atoms with Gasteiger partial charge in [-0.25, -0.2) is 4.68 Å². The molecule has 2 heterocycles. The summed E-state index contributed by atoms with van der Waals surface area (Å²) >= 11 is 0. The van der Waals surface area contributed by atoms with Crippen LogP contribution in [0.3, 0.4) is 0 Å². The molecule has 2 N–H and O–H groups in total. The molecule has 0 unspecified atom stereocenters. The summed E-state index contributed by atoms with van der Waals surface area (Å²) < 4.78 is 6.94. The minimum Gasteiger partial charge on any atom is -0.466 e. The number of fused-ring (bicyclic) bond motifs is 1. The molecule has 144 valence electrons. The van der Waals surface area contributed by atoms with E-state index in [1.807, 2.05) is 60.7 Å². The van der Waals surface area contributed by atoms with E-state index in [1.165, 1.54) is 0 Å². The third-order valence-corrected chi connectivity index (χ3v) is 4.89. The van der Waals surface area contributed by atoms with E-state index in [2.05, 4.69) is 15.4 Å². The van der Waals surface area contributed by atoms with Crippen LogP contribution in [0.4, 0.5) is 5.95 Å². The van der Waals surface area contributed by atoms with Gasteiger partial charge in [-0.1, -0.05) is 60.7 Å². The number of aromatic nitrogens is 3. The molecule has 1 aliphatic heterocycles. The molecule has 0 saturated carbocycles. The molecule has 28 heavy (non-hydrogen) atoms. The molecule has 4 rings (SSSR count). The summed E-state index contributed by atoms with van der Waals surface area (Å²) in [4.78, 5) is 17.4. The molecule has 0 bridgehead atoms. The number of carbonyl (C=O) groups excluding carboxylic acids is 1. The Bertz CT molecular complexity index is 970. The van der Waals surface area contributed by atoms with Crippen molar-refractivity contribution in [1.82, 2.24) is 14.8 Å². The number of carbonyl (C=O) groups is 1. The van der Waals surface area contributed by atoms with Gasteiger partial charge in [0.25, 0.3) is 0 Å². The first-order chi connectivity index (χ1) is 13.5. The van der Waals surface area contributed by atoms with Crippen molar-refractivity contribution in [2.75, 3.05) is 11.9 Å². The molecule has 1 aliphatic rings. The van der Waals surface area contributed by atoms with Crippen LogP contribution >= 0.6 is 0 Å². The predicted octanol–water partition coefficient (Wildman–Crippen LogP) is 2.85. The Labute approximate surface area is 163 Å². The first-order valence-electron chi connectivity index (χ1n) is 9.25. The second-order valence-corrected chi connectivity index (χ2v) is 6.93. The Morgan fingerprint density at radius 1 is 1.18 bits per heavy atom. The van der Waals surface area contributed by atoms with Crippen molar-refractivity contribution in [2.24, 2.45) is 5.92 Å². The summed E-state index contributed by atoms with van der Waals surface area (Å²) in [6, 6.07) is 18.5. The molecule has 7 heteroatoms. The van der Waals surface area contributed by atoms with Crippen molar-refractivity contribution in [1.29, 1.82) is 0 Å². The van der Waals surface area contributed by atoms with E-state index in [0.717, 1.165) is 11.1 Å². The van der Waals surface area contributed by atoms with Gasteiger partial charge in [-0.15, -0.1) is 5.10 Å². The standard InChI is InChI=1S/C21H22N4O3/c1-3-28-19(26)16-17(14-10-6-4-7-11-14)25-20(23-21(16,2)27)22-18(24-25)15-12-8-5-9-13-15/h4-13,16-17,27H,3H2,1-2H3,(H,22,23,24)/t16-,17-,21-/m0/s1. The second kappa shape index (κ2) is 7.09. The number of hydrogen-bond acceptors (Lipinski definition) is 6. The molecule has 7 nitrogen and oxygen atoms in total. The Hall–Kier alpha value is -3.19. The molecule has 0 fully saturated rings. The number of benzene rings is 2. The lowest BCUT2D eigenvalue weighted by atomic mass is 9.83. The third-order valence-electron chi connectivity index (χ3n) is 4.89. The fraction of sp³-hybridized carbons (Fsp3) is 0.286. The van der Waals surface area contributed by atoms with Crippen LogP contribution in [0.15, 0.2) is 60.7 Å². The summed E-state index contributed by atoms with van der Waals surface area (Å²) in [5, 5.41) is 18.7. The van der Waals surface area contributed by atoms with Gasteiger partial charge in [0.1, 0.15) is 5.92 Å². The van der Waals surface area contributed by atoms with E-state index in [9.17, 15) is 9.90 Å². The highest BCUT2D eigenvalue weighted by atomic mass is 16.5. The van der Waals surface area contributed by atoms with Gasteiger partial charge in [0.2, 0.25) is 5.95 Å². The molecule has 0 radical (unpaired) electrons. The normalized spacial score (nSPS) is 23.5. The van der Waals surface area contributed by atoms with E-state index in [-0.39, 0.29) is 6.61 Å². The Kier molecular flexibility index (Phi) is 4.60. The summed E-state index contributed by atoms with van der Waals surface area (Å²) in [5.41, 5.74) is 0.141. The molecule has 0 aliphatic carbocycles. The number of nitrogens with zero attached hydrogens (tertiary/aromatic N) is 3. The van der Waals surface area contributed by atoms with Crippen LogP contribution in [-0.2, 0) is 9.53 Å². The average molecular weight is 378 g/mol. The fourth-order valence-corrected chi connectivity index (χ4v) is 3.64. The third kappa shape index (κ3) is 3.14. The molecular formula is C21H22N4O3. The van der Waals surface area contributed by atoms with E-state index in [1.54, 1.807) is 18.5 Å². The first-order valence-corrected chi connectivity index (χ1v) is 9.25. The molecule has 0 spiro atoms. The van der Waals surface area contributed by atoms with Crippen molar-refractivity contribution in [3.8, 4) is 11.4 Å². The van der Waals surface area contributed by atoms with E-state index in [0.29, 0.717) is 11.8 Å². The minimum atomic E-state index is -1.55. The Morgan fingerprint density at radius 2 is 1.82 bits per heavy atom. The monoisotopic (exact) mass is 378 g/mol. The number of aliphatic hydroxyl groups is 1. The van der Waals surface area contributed by atoms with Gasteiger partial charge in [-0.05, 0) is 19.4 Å². The van der Waals surface area contributed by atoms with Crippen LogP contribution < -0.4 is 5.32 Å². The van der Waals surface area contributed by atoms with Gasteiger partial charge in [-0.3, -0.25) is 4.79 Å². The SMILES string of the molecule is CCOC(=O)[C@@H]1[C@H](c2ccccc2)n2nc(-c3ccccc3)nc2N[C@@]1(C)O. The van der Waals surface area contributed by atoms with Crippen LogP contribution in [0.2, 0.25) is 0 Å². The molecule has 0 saturated heterocycles. The minimum absolute atomic E-state index is 0.229. The molecule has 3 aromatic rings. The second-order valence-electron chi connectivity index (χ2n) is 6.93. The first kappa shape index (κ1) is 18.2. The van der Waals surface area contributed by atoms with Gasteiger partial charge < -0.3 is 15.2 Å². The summed E-state index contributed by atoms with van der Waals surface area (Å²) in [7, 11) is 0. The number of hydrogen-bond donors (Lipinski definition) is 2. The smallest absolute Gasteiger partial charge is 0.316 e. The highest BCUT2D eigenvalue weighted by Gasteiger charge is 2.51. The van der Waals surface area contributed by atoms with Crippen LogP contribution in [0.25, 0.3) is 11.4 Å². The molecule has 2 aromatic carbocycles. The maximum absolute atomic E-state index is 12.8. The number of anilines is 1. The predicted molar refractivity (Wildman–Crippen MR) is 104 cm³/mol. The highest BCUT2D eigenvalue weighted by Crippen LogP contribution is 2.41. The summed E-state index contributed by atoms with van der Waals surface area (Å²) in [5.74, 6) is -0.466. The van der Waals surface area contributed by atoms with Crippen molar-refractivity contribution in [2.45, 2.75) is 25.6 Å². The van der Waals surface area contributed by atoms with E-state index >= 15 is 0 Å². The molecule has 0 amide bonds. The topological polar surface area (TPSA) is 89.3 Å². The lowest BCUT2D eigenvalue weighted by Crippen LogP contribution is -2.55. The average Bonchev–Trinajstić information content (AvgIpc) is 3.10. The fourth-order valence-electron chi connectivity index (χ4n) is 3.64. The largest absolute Gasteiger partial charge is 0.466 e. The number of rotatable bonds is 4. The van der Waals surface area contributed by atoms with Gasteiger partial charge in [0.15, 0.2) is 11.5 Å². The number of esters is 1. The van der Waals surface area contributed by atoms with Gasteiger partial charge in [0, 0.05) is 5.56 Å². The lowest BCUT2D eigenvalue weighted by molar-refractivity contribution is -0.159. The maximum Gasteiger partial charge on any atom is 0.316 e. The highest BCUT2D eigenvalue weighted by molar-refractivity contribution is 5.76. The zero-order chi connectivity index (χ0) is 19.7. The Balaban J connectivity index is 1.88. The van der Waals surface area contributed by atoms with E-state index < -0.39 is 23.7 Å². The van der Waals surface area contributed by atoms with Crippen LogP contribution in [-0.4, -0.2) is 38.2 Å². The maximum atomic E-state index is 12.8. The number of ether oxygens (including phenoxy) is 1. The van der Waals surface area contributed by atoms with Crippen LogP contribution in [0, 0.1) is 5.92 Å². The van der Waals surface area contributed by atoms with Gasteiger partial charge >= 0.3 is 5.97 Å². The Morgan fingerprint density at radius 3 is 2.46 bits per heavy atom. The van der Waals surface area contributed by atoms with Crippen molar-refractivity contribution in [3.63, 3.8) is 0 Å². The summed E-state index contributed by atoms with van der Waals surface area (Å²) in [6.07, 6.45) is 0. The molecule has 3 atom stereocenters. The van der Waals surface area contributed by atoms with E-state index in [4.69, 9.17) is 4.74 Å². The number of nitrogens with one attached hydrogen (secondary N) is 1. The van der Waals surface area contributed by atoms with Gasteiger partial charge in [0.05, 0.1) is 12.6 Å².